The number of aryl methyl sites for hydroxylation is 1. The van der Waals surface area contributed by atoms with E-state index in [0.29, 0.717) is 17.2 Å². The highest BCUT2D eigenvalue weighted by Gasteiger charge is 2.26. The molecule has 1 heterocycles. The summed E-state index contributed by atoms with van der Waals surface area (Å²) >= 11 is 0. The van der Waals surface area contributed by atoms with Gasteiger partial charge in [0.25, 0.3) is 0 Å². The van der Waals surface area contributed by atoms with E-state index in [1.807, 2.05) is 0 Å². The van der Waals surface area contributed by atoms with Gasteiger partial charge in [0.15, 0.2) is 0 Å². The molecule has 0 fully saturated rings. The van der Waals surface area contributed by atoms with Crippen LogP contribution in [0.15, 0.2) is 0 Å². The fourth-order valence-corrected chi connectivity index (χ4v) is 1.33. The molecule has 0 unspecified atom stereocenters. The maximum atomic E-state index is 11.9. The van der Waals surface area contributed by atoms with Gasteiger partial charge in [-0.3, -0.25) is 0 Å². The van der Waals surface area contributed by atoms with Crippen molar-refractivity contribution in [2.24, 2.45) is 5.84 Å². The molecule has 0 aliphatic rings. The number of nitrogen functional groups attached to an aromatic ring is 1. The Morgan fingerprint density at radius 1 is 1.28 bits per heavy atom. The molecule has 0 bridgehead atoms. The van der Waals surface area contributed by atoms with Crippen LogP contribution < -0.4 is 16.0 Å². The molecule has 0 amide bonds. The molecule has 0 spiro atoms. The maximum Gasteiger partial charge on any atom is 0.389 e. The topological polar surface area (TPSA) is 73.1 Å². The lowest BCUT2D eigenvalue weighted by molar-refractivity contribution is -0.136. The van der Waals surface area contributed by atoms with E-state index in [4.69, 9.17) is 10.6 Å². The standard InChI is InChI=1S/C10H15F3N4O/c1-6-8(17-14)15-7(2)16-9(6)18-5-3-4-10(11,12)13/h3-5,14H2,1-2H3,(H,15,16,17). The summed E-state index contributed by atoms with van der Waals surface area (Å²) in [5, 5.41) is 0. The van der Waals surface area contributed by atoms with E-state index in [1.165, 1.54) is 0 Å². The van der Waals surface area contributed by atoms with Crippen LogP contribution in [0.3, 0.4) is 0 Å². The number of nitrogens with one attached hydrogen (secondary N) is 1. The predicted octanol–water partition coefficient (Wildman–Crippen LogP) is 2.10. The van der Waals surface area contributed by atoms with Crippen LogP contribution in [0.2, 0.25) is 0 Å². The monoisotopic (exact) mass is 264 g/mol. The fraction of sp³-hybridized carbons (Fsp3) is 0.600. The molecule has 5 nitrogen and oxygen atoms in total. The van der Waals surface area contributed by atoms with Crippen molar-refractivity contribution in [1.82, 2.24) is 9.97 Å². The zero-order chi connectivity index (χ0) is 13.8. The number of alkyl halides is 3. The second kappa shape index (κ2) is 5.85. The van der Waals surface area contributed by atoms with Gasteiger partial charge in [-0.25, -0.2) is 10.8 Å². The Hall–Kier alpha value is -1.57. The van der Waals surface area contributed by atoms with Crippen molar-refractivity contribution in [3.05, 3.63) is 11.4 Å². The molecule has 0 saturated carbocycles. The number of nitrogens with two attached hydrogens (primary N) is 1. The molecule has 0 saturated heterocycles. The summed E-state index contributed by atoms with van der Waals surface area (Å²) in [6, 6.07) is 0. The Bertz CT molecular complexity index is 409. The summed E-state index contributed by atoms with van der Waals surface area (Å²) in [6.07, 6.45) is -5.15. The highest BCUT2D eigenvalue weighted by atomic mass is 19.4. The fourth-order valence-electron chi connectivity index (χ4n) is 1.33. The number of hydrazine groups is 1. The molecule has 0 radical (unpaired) electrons. The summed E-state index contributed by atoms with van der Waals surface area (Å²) in [5.74, 6) is 6.33. The second-order valence-electron chi connectivity index (χ2n) is 3.76. The van der Waals surface area contributed by atoms with Gasteiger partial charge in [0, 0.05) is 6.42 Å². The number of hydrogen-bond donors (Lipinski definition) is 2. The molecule has 1 aromatic heterocycles. The molecule has 1 rings (SSSR count). The summed E-state index contributed by atoms with van der Waals surface area (Å²) in [5.41, 5.74) is 2.94. The molecule has 0 aromatic carbocycles. The highest BCUT2D eigenvalue weighted by Crippen LogP contribution is 2.23. The van der Waals surface area contributed by atoms with Gasteiger partial charge < -0.3 is 10.2 Å². The number of aromatic nitrogens is 2. The van der Waals surface area contributed by atoms with Crippen LogP contribution in [-0.4, -0.2) is 22.8 Å². The largest absolute Gasteiger partial charge is 0.477 e. The average molecular weight is 264 g/mol. The van der Waals surface area contributed by atoms with Crippen LogP contribution in [-0.2, 0) is 0 Å². The first-order valence-corrected chi connectivity index (χ1v) is 5.35. The predicted molar refractivity (Wildman–Crippen MR) is 60.1 cm³/mol. The first-order valence-electron chi connectivity index (χ1n) is 5.35. The van der Waals surface area contributed by atoms with E-state index in [0.717, 1.165) is 0 Å². The first-order chi connectivity index (χ1) is 8.33. The summed E-state index contributed by atoms with van der Waals surface area (Å²) < 4.78 is 41.0. The van der Waals surface area contributed by atoms with E-state index < -0.39 is 12.6 Å². The van der Waals surface area contributed by atoms with Crippen LogP contribution in [0.25, 0.3) is 0 Å². The number of nitrogens with zero attached hydrogens (tertiary/aromatic N) is 2. The van der Waals surface area contributed by atoms with Crippen LogP contribution in [0.1, 0.15) is 24.2 Å². The van der Waals surface area contributed by atoms with Crippen molar-refractivity contribution in [3.63, 3.8) is 0 Å². The number of halogens is 3. The molecule has 0 aliphatic carbocycles. The van der Waals surface area contributed by atoms with E-state index in [1.54, 1.807) is 13.8 Å². The third-order valence-corrected chi connectivity index (χ3v) is 2.19. The lowest BCUT2D eigenvalue weighted by Crippen LogP contribution is -2.14. The number of rotatable bonds is 5. The van der Waals surface area contributed by atoms with Gasteiger partial charge in [0.1, 0.15) is 11.6 Å². The Morgan fingerprint density at radius 3 is 2.50 bits per heavy atom. The van der Waals surface area contributed by atoms with Gasteiger partial charge >= 0.3 is 6.18 Å². The lowest BCUT2D eigenvalue weighted by atomic mass is 10.3. The van der Waals surface area contributed by atoms with Gasteiger partial charge in [-0.1, -0.05) is 0 Å². The SMILES string of the molecule is Cc1nc(NN)c(C)c(OCCCC(F)(F)F)n1. The van der Waals surface area contributed by atoms with Crippen molar-refractivity contribution >= 4 is 5.82 Å². The third kappa shape index (κ3) is 4.36. The Labute approximate surface area is 103 Å². The minimum atomic E-state index is -4.16. The molecule has 102 valence electrons. The maximum absolute atomic E-state index is 11.9. The van der Waals surface area contributed by atoms with E-state index >= 15 is 0 Å². The molecule has 0 atom stereocenters. The zero-order valence-electron chi connectivity index (χ0n) is 10.1. The third-order valence-electron chi connectivity index (χ3n) is 2.19. The van der Waals surface area contributed by atoms with Gasteiger partial charge in [-0.2, -0.15) is 18.2 Å². The van der Waals surface area contributed by atoms with Crippen molar-refractivity contribution in [2.45, 2.75) is 32.9 Å². The lowest BCUT2D eigenvalue weighted by Gasteiger charge is -2.12. The first kappa shape index (κ1) is 14.5. The number of anilines is 1. The van der Waals surface area contributed by atoms with Gasteiger partial charge in [-0.15, -0.1) is 0 Å². The van der Waals surface area contributed by atoms with Crippen molar-refractivity contribution < 1.29 is 17.9 Å². The smallest absolute Gasteiger partial charge is 0.389 e. The molecular formula is C10H15F3N4O. The summed E-state index contributed by atoms with van der Waals surface area (Å²) in [4.78, 5) is 8.02. The molecule has 18 heavy (non-hydrogen) atoms. The van der Waals surface area contributed by atoms with Gasteiger partial charge in [0.05, 0.1) is 12.2 Å². The van der Waals surface area contributed by atoms with Crippen LogP contribution >= 0.6 is 0 Å². The minimum Gasteiger partial charge on any atom is -0.477 e. The van der Waals surface area contributed by atoms with E-state index in [9.17, 15) is 13.2 Å². The minimum absolute atomic E-state index is 0.0547. The molecule has 3 N–H and O–H groups in total. The number of ether oxygens (including phenoxy) is 1. The second-order valence-corrected chi connectivity index (χ2v) is 3.76. The number of hydrogen-bond acceptors (Lipinski definition) is 5. The van der Waals surface area contributed by atoms with E-state index in [-0.39, 0.29) is 18.9 Å². The van der Waals surface area contributed by atoms with Gasteiger partial charge in [-0.05, 0) is 20.3 Å². The van der Waals surface area contributed by atoms with Crippen molar-refractivity contribution in [1.29, 1.82) is 0 Å². The van der Waals surface area contributed by atoms with Crippen molar-refractivity contribution in [3.8, 4) is 5.88 Å². The van der Waals surface area contributed by atoms with Crippen molar-refractivity contribution in [2.75, 3.05) is 12.0 Å². The molecule has 8 heteroatoms. The molecule has 1 aromatic rings. The molecule has 0 aliphatic heterocycles. The zero-order valence-corrected chi connectivity index (χ0v) is 10.1. The van der Waals surface area contributed by atoms with Gasteiger partial charge in [0.2, 0.25) is 5.88 Å². The van der Waals surface area contributed by atoms with E-state index in [2.05, 4.69) is 15.4 Å². The normalized spacial score (nSPS) is 11.4. The average Bonchev–Trinajstić information content (AvgIpc) is 2.27. The Balaban J connectivity index is 2.59. The van der Waals surface area contributed by atoms with Crippen LogP contribution in [0.4, 0.5) is 19.0 Å². The Kier molecular flexibility index (Phi) is 4.71. The van der Waals surface area contributed by atoms with Crippen LogP contribution in [0.5, 0.6) is 5.88 Å². The summed E-state index contributed by atoms with van der Waals surface area (Å²) in [7, 11) is 0. The Morgan fingerprint density at radius 2 is 1.94 bits per heavy atom. The van der Waals surface area contributed by atoms with Crippen LogP contribution in [0, 0.1) is 13.8 Å². The quantitative estimate of drug-likeness (QED) is 0.484. The molecular weight excluding hydrogens is 249 g/mol. The summed E-state index contributed by atoms with van der Waals surface area (Å²) in [6.45, 7) is 3.26. The highest BCUT2D eigenvalue weighted by molar-refractivity contribution is 5.47.